The summed E-state index contributed by atoms with van der Waals surface area (Å²) in [4.78, 5) is 28.5. The SMILES string of the molecule is CC1CCC(=O)N1CCCc1ncc(C(=O)O)s1. The van der Waals surface area contributed by atoms with Gasteiger partial charge in [-0.1, -0.05) is 0 Å². The number of aromatic nitrogens is 1. The number of likely N-dealkylation sites (tertiary alicyclic amines) is 1. The van der Waals surface area contributed by atoms with E-state index in [1.54, 1.807) is 0 Å². The number of hydrogen-bond acceptors (Lipinski definition) is 4. The van der Waals surface area contributed by atoms with Crippen molar-refractivity contribution >= 4 is 23.2 Å². The lowest BCUT2D eigenvalue weighted by molar-refractivity contribution is -0.128. The summed E-state index contributed by atoms with van der Waals surface area (Å²) in [5.74, 6) is -0.699. The first-order valence-corrected chi connectivity index (χ1v) is 6.87. The van der Waals surface area contributed by atoms with Gasteiger partial charge in [0.05, 0.1) is 11.2 Å². The second-order valence-electron chi connectivity index (χ2n) is 4.50. The zero-order valence-corrected chi connectivity index (χ0v) is 11.1. The van der Waals surface area contributed by atoms with Crippen LogP contribution in [0.4, 0.5) is 0 Å². The Bertz CT molecular complexity index is 458. The van der Waals surface area contributed by atoms with Crippen LogP contribution in [0.2, 0.25) is 0 Å². The molecule has 18 heavy (non-hydrogen) atoms. The number of hydrogen-bond donors (Lipinski definition) is 1. The van der Waals surface area contributed by atoms with Crippen molar-refractivity contribution in [3.05, 3.63) is 16.1 Å². The Morgan fingerprint density at radius 2 is 2.44 bits per heavy atom. The van der Waals surface area contributed by atoms with Crippen LogP contribution < -0.4 is 0 Å². The number of rotatable bonds is 5. The number of amides is 1. The summed E-state index contributed by atoms with van der Waals surface area (Å²) in [5.41, 5.74) is 0. The molecule has 1 saturated heterocycles. The van der Waals surface area contributed by atoms with E-state index in [0.717, 1.165) is 30.8 Å². The van der Waals surface area contributed by atoms with E-state index in [4.69, 9.17) is 5.11 Å². The van der Waals surface area contributed by atoms with E-state index < -0.39 is 5.97 Å². The lowest BCUT2D eigenvalue weighted by Crippen LogP contribution is -2.32. The zero-order chi connectivity index (χ0) is 13.1. The summed E-state index contributed by atoms with van der Waals surface area (Å²) in [6.07, 6.45) is 4.56. The molecule has 2 heterocycles. The molecule has 0 saturated carbocycles. The lowest BCUT2D eigenvalue weighted by atomic mass is 10.2. The van der Waals surface area contributed by atoms with Crippen LogP contribution in [0.15, 0.2) is 6.20 Å². The van der Waals surface area contributed by atoms with E-state index in [2.05, 4.69) is 11.9 Å². The summed E-state index contributed by atoms with van der Waals surface area (Å²) >= 11 is 1.21. The predicted octanol–water partition coefficient (Wildman–Crippen LogP) is 1.78. The number of aromatic carboxylic acids is 1. The van der Waals surface area contributed by atoms with Gasteiger partial charge in [0.15, 0.2) is 0 Å². The highest BCUT2D eigenvalue weighted by Gasteiger charge is 2.26. The summed E-state index contributed by atoms with van der Waals surface area (Å²) in [6, 6.07) is 0.336. The van der Waals surface area contributed by atoms with Crippen LogP contribution in [0, 0.1) is 0 Å². The molecule has 0 radical (unpaired) electrons. The quantitative estimate of drug-likeness (QED) is 0.883. The Kier molecular flexibility index (Phi) is 3.96. The van der Waals surface area contributed by atoms with E-state index in [9.17, 15) is 9.59 Å². The van der Waals surface area contributed by atoms with Crippen molar-refractivity contribution in [3.63, 3.8) is 0 Å². The summed E-state index contributed by atoms with van der Waals surface area (Å²) in [5, 5.41) is 9.61. The molecule has 1 unspecified atom stereocenters. The van der Waals surface area contributed by atoms with Gasteiger partial charge in [0.2, 0.25) is 5.91 Å². The summed E-state index contributed by atoms with van der Waals surface area (Å²) in [7, 11) is 0. The van der Waals surface area contributed by atoms with Crippen LogP contribution in [0.5, 0.6) is 0 Å². The number of carboxylic acids is 1. The third-order valence-corrected chi connectivity index (χ3v) is 4.23. The molecule has 6 heteroatoms. The fourth-order valence-electron chi connectivity index (χ4n) is 2.15. The van der Waals surface area contributed by atoms with Gasteiger partial charge in [0.25, 0.3) is 0 Å². The monoisotopic (exact) mass is 268 g/mol. The van der Waals surface area contributed by atoms with Crippen LogP contribution in [0.1, 0.15) is 40.9 Å². The van der Waals surface area contributed by atoms with Gasteiger partial charge in [-0.15, -0.1) is 11.3 Å². The van der Waals surface area contributed by atoms with Crippen molar-refractivity contribution in [1.82, 2.24) is 9.88 Å². The van der Waals surface area contributed by atoms with Crippen LogP contribution in [0.3, 0.4) is 0 Å². The fraction of sp³-hybridized carbons (Fsp3) is 0.583. The Balaban J connectivity index is 1.81. The first kappa shape index (κ1) is 13.0. The molecule has 0 aliphatic carbocycles. The van der Waals surface area contributed by atoms with Crippen LogP contribution >= 0.6 is 11.3 Å². The van der Waals surface area contributed by atoms with Crippen molar-refractivity contribution in [2.24, 2.45) is 0 Å². The molecule has 1 aromatic rings. The van der Waals surface area contributed by atoms with Crippen LogP contribution in [-0.4, -0.2) is 39.5 Å². The molecule has 0 aromatic carbocycles. The topological polar surface area (TPSA) is 70.5 Å². The van der Waals surface area contributed by atoms with Crippen molar-refractivity contribution in [2.45, 2.75) is 38.6 Å². The molecule has 1 amide bonds. The molecule has 98 valence electrons. The Morgan fingerprint density at radius 3 is 3.00 bits per heavy atom. The molecule has 1 fully saturated rings. The predicted molar refractivity (Wildman–Crippen MR) is 67.8 cm³/mol. The third kappa shape index (κ3) is 2.87. The van der Waals surface area contributed by atoms with E-state index >= 15 is 0 Å². The first-order valence-electron chi connectivity index (χ1n) is 6.05. The lowest BCUT2D eigenvalue weighted by Gasteiger charge is -2.21. The number of carboxylic acid groups (broad SMARTS) is 1. The van der Waals surface area contributed by atoms with Gasteiger partial charge in [-0.2, -0.15) is 0 Å². The minimum atomic E-state index is -0.929. The molecule has 1 aromatic heterocycles. The largest absolute Gasteiger partial charge is 0.477 e. The molecule has 5 nitrogen and oxygen atoms in total. The van der Waals surface area contributed by atoms with Gasteiger partial charge < -0.3 is 10.0 Å². The van der Waals surface area contributed by atoms with Gasteiger partial charge in [-0.25, -0.2) is 9.78 Å². The van der Waals surface area contributed by atoms with Gasteiger partial charge in [-0.05, 0) is 19.8 Å². The molecule has 1 N–H and O–H groups in total. The van der Waals surface area contributed by atoms with Crippen molar-refractivity contribution in [1.29, 1.82) is 0 Å². The molecule has 2 rings (SSSR count). The van der Waals surface area contributed by atoms with Crippen LogP contribution in [-0.2, 0) is 11.2 Å². The highest BCUT2D eigenvalue weighted by molar-refractivity contribution is 7.13. The van der Waals surface area contributed by atoms with Crippen molar-refractivity contribution < 1.29 is 14.7 Å². The average Bonchev–Trinajstić information content (AvgIpc) is 2.90. The maximum Gasteiger partial charge on any atom is 0.347 e. The number of aryl methyl sites for hydroxylation is 1. The minimum absolute atomic E-state index is 0.230. The van der Waals surface area contributed by atoms with Gasteiger partial charge in [-0.3, -0.25) is 4.79 Å². The van der Waals surface area contributed by atoms with Crippen molar-refractivity contribution in [2.75, 3.05) is 6.54 Å². The van der Waals surface area contributed by atoms with Gasteiger partial charge in [0, 0.05) is 25.4 Å². The molecule has 1 atom stereocenters. The highest BCUT2D eigenvalue weighted by Crippen LogP contribution is 2.19. The maximum absolute atomic E-state index is 11.6. The second kappa shape index (κ2) is 5.48. The first-order chi connectivity index (χ1) is 8.58. The zero-order valence-electron chi connectivity index (χ0n) is 10.3. The molecule has 1 aliphatic rings. The number of thiazole rings is 1. The average molecular weight is 268 g/mol. The number of nitrogens with zero attached hydrogens (tertiary/aromatic N) is 2. The second-order valence-corrected chi connectivity index (χ2v) is 5.62. The Labute approximate surface area is 109 Å². The van der Waals surface area contributed by atoms with E-state index in [0.29, 0.717) is 12.5 Å². The normalized spacial score (nSPS) is 19.5. The molecule has 1 aliphatic heterocycles. The smallest absolute Gasteiger partial charge is 0.347 e. The van der Waals surface area contributed by atoms with Crippen LogP contribution in [0.25, 0.3) is 0 Å². The van der Waals surface area contributed by atoms with Crippen molar-refractivity contribution in [3.8, 4) is 0 Å². The standard InChI is InChI=1S/C12H16N2O3S/c1-8-4-5-11(15)14(8)6-2-3-10-13-7-9(18-10)12(16)17/h7-8H,2-6H2,1H3,(H,16,17). The van der Waals surface area contributed by atoms with E-state index in [1.807, 2.05) is 4.90 Å². The van der Waals surface area contributed by atoms with Gasteiger partial charge in [0.1, 0.15) is 4.88 Å². The number of carbonyl (C=O) groups excluding carboxylic acids is 1. The van der Waals surface area contributed by atoms with E-state index in [1.165, 1.54) is 17.5 Å². The molecular formula is C12H16N2O3S. The molecule has 0 spiro atoms. The number of carbonyl (C=O) groups is 2. The summed E-state index contributed by atoms with van der Waals surface area (Å²) < 4.78 is 0. The molecular weight excluding hydrogens is 252 g/mol. The fourth-order valence-corrected chi connectivity index (χ4v) is 2.95. The Morgan fingerprint density at radius 1 is 1.67 bits per heavy atom. The summed E-state index contributed by atoms with van der Waals surface area (Å²) in [6.45, 7) is 2.80. The van der Waals surface area contributed by atoms with E-state index in [-0.39, 0.29) is 10.8 Å². The molecule has 0 bridgehead atoms. The van der Waals surface area contributed by atoms with Gasteiger partial charge >= 0.3 is 5.97 Å². The maximum atomic E-state index is 11.6. The Hall–Kier alpha value is -1.43. The highest BCUT2D eigenvalue weighted by atomic mass is 32.1. The minimum Gasteiger partial charge on any atom is -0.477 e. The third-order valence-electron chi connectivity index (χ3n) is 3.18.